The Morgan fingerprint density at radius 1 is 0.220 bits per heavy atom. The molecule has 7 heteroatoms. The fourth-order valence-corrected chi connectivity index (χ4v) is 25.6. The standard InChI is InChI=1S/C44H25NOS.C40H22S2.C36H23NO/c1-2-11-30(12-3-1)45(32-19-16-26-8-4-5-9-28(26)24-32)31-13-6-10-29(25-31)33-20-23-38-44-40(33)34-14-7-15-35-41(34)42-36(46-35)21-17-27-18-22-37(47-38)43(44)39(27)42;1-2-8-23(9-3-1)24-10-4-11-25(20-24)26-12-5-13-27(21-26)31-22-35-40-37-29(15-7-17-33(37)42-35)28-14-6-16-32-36(28)39-34(41-32)19-18-30(31)38(39)40;1-36(2)25-16-14-21-15-17-30-35-31(21)34(25)32-24(23-10-6-13-29(38-30)33(23)35)18-22(19-26(32)36)28-12-7-11-27(37-28)20-8-4-3-5-9-20/h1-25H;1-22H;3-19H,1-2H3. The fourth-order valence-electron chi connectivity index (χ4n) is 22.1. The van der Waals surface area contributed by atoms with Crippen LogP contribution in [0, 0.1) is 0 Å². The lowest BCUT2D eigenvalue weighted by atomic mass is 9.80. The van der Waals surface area contributed by atoms with E-state index in [9.17, 15) is 0 Å². The molecular formula is C120H70N2O2S3. The van der Waals surface area contributed by atoms with Gasteiger partial charge < -0.3 is 13.7 Å². The number of hydrogen-bond donors (Lipinski definition) is 0. The van der Waals surface area contributed by atoms with Gasteiger partial charge in [-0.15, -0.1) is 34.0 Å². The number of fused-ring (bicyclic) bond motifs is 4. The number of pyridine rings is 1. The molecule has 6 aromatic heterocycles. The molecule has 20 aromatic carbocycles. The van der Waals surface area contributed by atoms with Gasteiger partial charge in [0.25, 0.3) is 0 Å². The molecule has 4 aliphatic carbocycles. The van der Waals surface area contributed by atoms with Crippen molar-refractivity contribution in [3.8, 4) is 112 Å². The van der Waals surface area contributed by atoms with Gasteiger partial charge in [-0.25, -0.2) is 4.98 Å². The Morgan fingerprint density at radius 2 is 0.701 bits per heavy atom. The normalized spacial score (nSPS) is 12.9. The SMILES string of the molecule is CC1(C)c2cc(-c3cccc(-c4ccccc4)n3)cc3c2-c2c1ccc1ccc4oc5cccc-3c5c4c21.c1ccc(-c2cccc(-c3cccc(-c4cc5sc6cccc7c6c5c5c4ccc4sc6cccc-7c6c45)c3)c2)cc1.c1ccc(N(c2cccc(-c3ccc4sc5ccc6ccc7oc8cccc9c8c7c6c5c4c3-9)c2)c2ccc3ccccc3c2)cc1. The highest BCUT2D eigenvalue weighted by molar-refractivity contribution is 7.27. The highest BCUT2D eigenvalue weighted by Gasteiger charge is 2.41. The Hall–Kier alpha value is -15.4. The Labute approximate surface area is 741 Å². The second kappa shape index (κ2) is 26.8. The van der Waals surface area contributed by atoms with Gasteiger partial charge in [-0.05, 0) is 261 Å². The summed E-state index contributed by atoms with van der Waals surface area (Å²) in [6, 6.07) is 142. The molecule has 30 rings (SSSR count). The fraction of sp³-hybridized carbons (Fsp3) is 0.0250. The van der Waals surface area contributed by atoms with Crippen LogP contribution in [0.1, 0.15) is 25.0 Å². The van der Waals surface area contributed by atoms with E-state index in [0.717, 1.165) is 61.9 Å². The van der Waals surface area contributed by atoms with Gasteiger partial charge in [0.05, 0.1) is 11.4 Å². The van der Waals surface area contributed by atoms with Crippen LogP contribution in [0.4, 0.5) is 17.1 Å². The number of furan rings is 2. The third kappa shape index (κ3) is 10.4. The number of thiophene rings is 3. The zero-order chi connectivity index (χ0) is 83.2. The van der Waals surface area contributed by atoms with Crippen molar-refractivity contribution in [2.24, 2.45) is 0 Å². The number of anilines is 3. The monoisotopic (exact) mass is 1670 g/mol. The third-order valence-corrected chi connectivity index (χ3v) is 31.0. The quantitative estimate of drug-likeness (QED) is 0.144. The second-order valence-corrected chi connectivity index (χ2v) is 38.1. The number of benzene rings is 20. The first-order valence-corrected chi connectivity index (χ1v) is 46.0. The Kier molecular flexibility index (Phi) is 15.0. The molecule has 0 radical (unpaired) electrons. The number of nitrogens with zero attached hydrogens (tertiary/aromatic N) is 2. The molecule has 0 unspecified atom stereocenters. The lowest BCUT2D eigenvalue weighted by Crippen LogP contribution is -2.15. The van der Waals surface area contributed by atoms with E-state index in [1.54, 1.807) is 0 Å². The van der Waals surface area contributed by atoms with E-state index in [2.05, 4.69) is 401 Å². The molecule has 26 aromatic rings. The van der Waals surface area contributed by atoms with E-state index >= 15 is 0 Å². The molecule has 0 spiro atoms. The largest absolute Gasteiger partial charge is 0.456 e. The Morgan fingerprint density at radius 3 is 1.43 bits per heavy atom. The molecule has 0 saturated heterocycles. The van der Waals surface area contributed by atoms with Crippen molar-refractivity contribution in [2.75, 3.05) is 4.90 Å². The average molecular weight is 1670 g/mol. The zero-order valence-corrected chi connectivity index (χ0v) is 71.3. The highest BCUT2D eigenvalue weighted by Crippen LogP contribution is 2.62. The van der Waals surface area contributed by atoms with Crippen molar-refractivity contribution in [1.29, 1.82) is 0 Å². The van der Waals surface area contributed by atoms with Crippen molar-refractivity contribution in [2.45, 2.75) is 19.3 Å². The van der Waals surface area contributed by atoms with Crippen LogP contribution in [0.15, 0.2) is 397 Å². The van der Waals surface area contributed by atoms with Gasteiger partial charge in [0.2, 0.25) is 0 Å². The van der Waals surface area contributed by atoms with E-state index < -0.39 is 0 Å². The van der Waals surface area contributed by atoms with E-state index in [0.29, 0.717) is 0 Å². The number of aromatic nitrogens is 1. The van der Waals surface area contributed by atoms with Crippen molar-refractivity contribution in [3.05, 3.63) is 399 Å². The van der Waals surface area contributed by atoms with E-state index in [4.69, 9.17) is 13.8 Å². The lowest BCUT2D eigenvalue weighted by Gasteiger charge is -2.26. The molecular weight excluding hydrogens is 1600 g/mol. The van der Waals surface area contributed by atoms with Gasteiger partial charge in [0, 0.05) is 132 Å². The number of hydrogen-bond acceptors (Lipinski definition) is 7. The molecule has 127 heavy (non-hydrogen) atoms. The molecule has 0 fully saturated rings. The minimum Gasteiger partial charge on any atom is -0.456 e. The van der Waals surface area contributed by atoms with Crippen LogP contribution in [0.5, 0.6) is 0 Å². The third-order valence-electron chi connectivity index (χ3n) is 27.7. The van der Waals surface area contributed by atoms with Crippen LogP contribution < -0.4 is 4.90 Å². The first-order valence-electron chi connectivity index (χ1n) is 43.6. The predicted octanol–water partition coefficient (Wildman–Crippen LogP) is 35.7. The first kappa shape index (κ1) is 71.1. The van der Waals surface area contributed by atoms with Gasteiger partial charge in [-0.1, -0.05) is 269 Å². The van der Waals surface area contributed by atoms with Crippen LogP contribution in [-0.4, -0.2) is 4.98 Å². The molecule has 0 N–H and O–H groups in total. The maximum Gasteiger partial charge on any atom is 0.136 e. The van der Waals surface area contributed by atoms with E-state index in [-0.39, 0.29) is 5.41 Å². The lowest BCUT2D eigenvalue weighted by molar-refractivity contribution is 0.661. The van der Waals surface area contributed by atoms with Gasteiger partial charge in [-0.2, -0.15) is 0 Å². The van der Waals surface area contributed by atoms with Crippen molar-refractivity contribution < 1.29 is 8.83 Å². The summed E-state index contributed by atoms with van der Waals surface area (Å²) in [5, 5.41) is 23.7. The molecule has 590 valence electrons. The summed E-state index contributed by atoms with van der Waals surface area (Å²) >= 11 is 5.75. The highest BCUT2D eigenvalue weighted by atomic mass is 32.1. The second-order valence-electron chi connectivity index (χ2n) is 34.9. The van der Waals surface area contributed by atoms with Crippen LogP contribution in [0.2, 0.25) is 0 Å². The molecule has 0 atom stereocenters. The van der Waals surface area contributed by atoms with E-state index in [1.165, 1.54) is 225 Å². The minimum absolute atomic E-state index is 0.127. The topological polar surface area (TPSA) is 42.4 Å². The van der Waals surface area contributed by atoms with Gasteiger partial charge in [-0.3, -0.25) is 0 Å². The van der Waals surface area contributed by atoms with E-state index in [1.807, 2.05) is 40.1 Å². The molecule has 0 bridgehead atoms. The zero-order valence-electron chi connectivity index (χ0n) is 68.9. The van der Waals surface area contributed by atoms with Crippen LogP contribution in [0.3, 0.4) is 0 Å². The predicted molar refractivity (Wildman–Crippen MR) is 542 cm³/mol. The summed E-state index contributed by atoms with van der Waals surface area (Å²) in [4.78, 5) is 7.51. The maximum absolute atomic E-state index is 6.51. The first-order chi connectivity index (χ1) is 62.7. The summed E-state index contributed by atoms with van der Waals surface area (Å²) in [6.07, 6.45) is 0. The Balaban J connectivity index is 0.0000000971. The molecule has 0 aliphatic heterocycles. The molecule has 0 saturated carbocycles. The van der Waals surface area contributed by atoms with Crippen molar-refractivity contribution in [3.63, 3.8) is 0 Å². The summed E-state index contributed by atoms with van der Waals surface area (Å²) < 4.78 is 21.1. The number of para-hydroxylation sites is 1. The maximum atomic E-state index is 6.51. The van der Waals surface area contributed by atoms with Crippen LogP contribution in [-0.2, 0) is 5.41 Å². The summed E-state index contributed by atoms with van der Waals surface area (Å²) in [5.41, 5.74) is 34.6. The minimum atomic E-state index is -0.127. The summed E-state index contributed by atoms with van der Waals surface area (Å²) in [5.74, 6) is 0. The smallest absolute Gasteiger partial charge is 0.136 e. The Bertz CT molecular complexity index is 9290. The molecule has 0 amide bonds. The van der Waals surface area contributed by atoms with Crippen LogP contribution in [0.25, 0.3) is 259 Å². The average Bonchev–Trinajstić information content (AvgIpc) is 1.53. The number of rotatable bonds is 9. The van der Waals surface area contributed by atoms with Gasteiger partial charge >= 0.3 is 0 Å². The van der Waals surface area contributed by atoms with Gasteiger partial charge in [0.15, 0.2) is 0 Å². The summed E-state index contributed by atoms with van der Waals surface area (Å²) in [7, 11) is 0. The molecule has 4 aliphatic rings. The molecule has 4 nitrogen and oxygen atoms in total. The van der Waals surface area contributed by atoms with Crippen molar-refractivity contribution in [1.82, 2.24) is 4.98 Å². The molecule has 6 heterocycles. The van der Waals surface area contributed by atoms with Crippen LogP contribution >= 0.6 is 34.0 Å². The van der Waals surface area contributed by atoms with Gasteiger partial charge in [0.1, 0.15) is 22.3 Å². The van der Waals surface area contributed by atoms with Crippen molar-refractivity contribution >= 4 is 199 Å². The summed E-state index contributed by atoms with van der Waals surface area (Å²) in [6.45, 7) is 4.73.